The minimum Gasteiger partial charge on any atom is -0.310 e. The van der Waals surface area contributed by atoms with Crippen LogP contribution in [0.15, 0.2) is 0 Å². The lowest BCUT2D eigenvalue weighted by Gasteiger charge is -2.02. The van der Waals surface area contributed by atoms with Gasteiger partial charge in [0.2, 0.25) is 0 Å². The van der Waals surface area contributed by atoms with Gasteiger partial charge in [-0.1, -0.05) is 19.8 Å². The van der Waals surface area contributed by atoms with E-state index >= 15 is 0 Å². The van der Waals surface area contributed by atoms with Gasteiger partial charge in [0, 0.05) is 6.42 Å². The Bertz CT molecular complexity index is 152. The van der Waals surface area contributed by atoms with E-state index in [-0.39, 0.29) is 0 Å². The fourth-order valence-electron chi connectivity index (χ4n) is 1.40. The van der Waals surface area contributed by atoms with E-state index in [9.17, 15) is 4.79 Å². The summed E-state index contributed by atoms with van der Waals surface area (Å²) in [5, 5.41) is 3.22. The summed E-state index contributed by atoms with van der Waals surface area (Å²) >= 11 is 0. The predicted octanol–water partition coefficient (Wildman–Crippen LogP) is 2.14. The van der Waals surface area contributed by atoms with Crippen molar-refractivity contribution in [2.45, 2.75) is 45.4 Å². The summed E-state index contributed by atoms with van der Waals surface area (Å²) < 4.78 is 0. The van der Waals surface area contributed by atoms with Crippen LogP contribution in [-0.4, -0.2) is 18.9 Å². The number of Topliss-reactive ketones (excluding diaryl/α,β-unsaturated/α-hetero) is 1. The first kappa shape index (κ1) is 10.7. The summed E-state index contributed by atoms with van der Waals surface area (Å²) in [4.78, 5) is 11.3. The molecular formula is C11H21NO. The molecule has 0 unspecified atom stereocenters. The van der Waals surface area contributed by atoms with Crippen molar-refractivity contribution in [2.75, 3.05) is 13.1 Å². The number of nitrogens with one attached hydrogen (secondary N) is 1. The van der Waals surface area contributed by atoms with Crippen molar-refractivity contribution >= 4 is 5.78 Å². The van der Waals surface area contributed by atoms with E-state index in [1.54, 1.807) is 0 Å². The summed E-state index contributed by atoms with van der Waals surface area (Å²) in [6.45, 7) is 3.82. The van der Waals surface area contributed by atoms with Gasteiger partial charge in [-0.15, -0.1) is 0 Å². The Balaban J connectivity index is 1.84. The van der Waals surface area contributed by atoms with Gasteiger partial charge in [0.1, 0.15) is 5.78 Å². The molecule has 1 aliphatic rings. The Morgan fingerprint density at radius 2 is 2.15 bits per heavy atom. The fraction of sp³-hybridized carbons (Fsp3) is 0.909. The quantitative estimate of drug-likeness (QED) is 0.584. The molecule has 1 saturated carbocycles. The summed E-state index contributed by atoms with van der Waals surface area (Å²) in [6.07, 6.45) is 6.94. The molecule has 0 spiro atoms. The molecule has 0 aliphatic heterocycles. The normalized spacial score (nSPS) is 16.1. The largest absolute Gasteiger partial charge is 0.310 e. The molecule has 1 N–H and O–H groups in total. The predicted molar refractivity (Wildman–Crippen MR) is 54.7 cm³/mol. The van der Waals surface area contributed by atoms with E-state index in [0.717, 1.165) is 25.3 Å². The Hall–Kier alpha value is -0.370. The molecule has 0 aromatic rings. The Morgan fingerprint density at radius 3 is 2.77 bits per heavy atom. The maximum Gasteiger partial charge on any atom is 0.146 e. The van der Waals surface area contributed by atoms with Gasteiger partial charge in [0.25, 0.3) is 0 Å². The van der Waals surface area contributed by atoms with Gasteiger partial charge in [-0.25, -0.2) is 0 Å². The number of unbranched alkanes of at least 4 members (excludes halogenated alkanes) is 2. The van der Waals surface area contributed by atoms with Gasteiger partial charge < -0.3 is 5.32 Å². The maximum absolute atomic E-state index is 11.3. The molecule has 0 atom stereocenters. The third kappa shape index (κ3) is 5.81. The summed E-state index contributed by atoms with van der Waals surface area (Å²) in [6, 6.07) is 0. The first-order chi connectivity index (χ1) is 6.33. The lowest BCUT2D eigenvalue weighted by atomic mass is 10.1. The second kappa shape index (κ2) is 6.14. The van der Waals surface area contributed by atoms with Crippen molar-refractivity contribution < 1.29 is 4.79 Å². The minimum atomic E-state index is 0.383. The first-order valence-corrected chi connectivity index (χ1v) is 5.55. The first-order valence-electron chi connectivity index (χ1n) is 5.55. The highest BCUT2D eigenvalue weighted by molar-refractivity contribution is 5.80. The molecule has 0 radical (unpaired) electrons. The number of hydrogen-bond donors (Lipinski definition) is 1. The van der Waals surface area contributed by atoms with Gasteiger partial charge >= 0.3 is 0 Å². The Kier molecular flexibility index (Phi) is 5.06. The highest BCUT2D eigenvalue weighted by Crippen LogP contribution is 2.27. The molecule has 1 aliphatic carbocycles. The monoisotopic (exact) mass is 183 g/mol. The summed E-state index contributed by atoms with van der Waals surface area (Å²) in [5.41, 5.74) is 0. The van der Waals surface area contributed by atoms with Gasteiger partial charge in [0.15, 0.2) is 0 Å². The van der Waals surface area contributed by atoms with Crippen LogP contribution in [0, 0.1) is 5.92 Å². The van der Waals surface area contributed by atoms with Crippen LogP contribution in [0.25, 0.3) is 0 Å². The number of hydrogen-bond acceptors (Lipinski definition) is 2. The molecule has 0 aromatic carbocycles. The summed E-state index contributed by atoms with van der Waals surface area (Å²) in [7, 11) is 0. The van der Waals surface area contributed by atoms with Gasteiger partial charge in [-0.2, -0.15) is 0 Å². The third-order valence-electron chi connectivity index (χ3n) is 2.51. The number of carbonyl (C=O) groups is 1. The van der Waals surface area contributed by atoms with Crippen LogP contribution in [-0.2, 0) is 4.79 Å². The molecule has 0 heterocycles. The van der Waals surface area contributed by atoms with Crippen LogP contribution in [0.2, 0.25) is 0 Å². The van der Waals surface area contributed by atoms with Crippen LogP contribution >= 0.6 is 0 Å². The highest BCUT2D eigenvalue weighted by Gasteiger charge is 2.20. The van der Waals surface area contributed by atoms with Crippen molar-refractivity contribution in [1.29, 1.82) is 0 Å². The highest BCUT2D eigenvalue weighted by atomic mass is 16.1. The molecule has 0 bridgehead atoms. The molecule has 0 amide bonds. The van der Waals surface area contributed by atoms with Crippen LogP contribution in [0.3, 0.4) is 0 Å². The van der Waals surface area contributed by atoms with Crippen molar-refractivity contribution in [1.82, 2.24) is 5.32 Å². The van der Waals surface area contributed by atoms with Crippen molar-refractivity contribution in [3.8, 4) is 0 Å². The standard InChI is InChI=1S/C11H21NO/c1-2-3-4-5-11(13)9-12-8-10-6-7-10/h10,12H,2-9H2,1H3. The molecule has 2 heteroatoms. The molecule has 0 aromatic heterocycles. The maximum atomic E-state index is 11.3. The molecular weight excluding hydrogens is 162 g/mol. The van der Waals surface area contributed by atoms with Crippen LogP contribution in [0.5, 0.6) is 0 Å². The smallest absolute Gasteiger partial charge is 0.146 e. The molecule has 1 fully saturated rings. The average molecular weight is 183 g/mol. The SMILES string of the molecule is CCCCCC(=O)CNCC1CC1. The zero-order chi connectivity index (χ0) is 9.52. The lowest BCUT2D eigenvalue weighted by Crippen LogP contribution is -2.24. The number of ketones is 1. The van der Waals surface area contributed by atoms with Crippen LogP contribution in [0.1, 0.15) is 45.4 Å². The van der Waals surface area contributed by atoms with E-state index in [1.165, 1.54) is 25.7 Å². The minimum absolute atomic E-state index is 0.383. The van der Waals surface area contributed by atoms with E-state index < -0.39 is 0 Å². The topological polar surface area (TPSA) is 29.1 Å². The van der Waals surface area contributed by atoms with Gasteiger partial charge in [0.05, 0.1) is 6.54 Å². The van der Waals surface area contributed by atoms with Crippen molar-refractivity contribution in [3.05, 3.63) is 0 Å². The summed E-state index contributed by atoms with van der Waals surface area (Å²) in [5.74, 6) is 1.26. The Morgan fingerprint density at radius 1 is 1.38 bits per heavy atom. The van der Waals surface area contributed by atoms with Crippen LogP contribution < -0.4 is 5.32 Å². The zero-order valence-corrected chi connectivity index (χ0v) is 8.64. The van der Waals surface area contributed by atoms with Crippen LogP contribution in [0.4, 0.5) is 0 Å². The Labute approximate surface area is 81.1 Å². The fourth-order valence-corrected chi connectivity index (χ4v) is 1.40. The zero-order valence-electron chi connectivity index (χ0n) is 8.64. The third-order valence-corrected chi connectivity index (χ3v) is 2.51. The second-order valence-electron chi connectivity index (χ2n) is 4.07. The molecule has 13 heavy (non-hydrogen) atoms. The molecule has 1 rings (SSSR count). The lowest BCUT2D eigenvalue weighted by molar-refractivity contribution is -0.118. The van der Waals surface area contributed by atoms with Gasteiger partial charge in [-0.05, 0) is 31.7 Å². The number of rotatable bonds is 8. The average Bonchev–Trinajstić information content (AvgIpc) is 2.89. The number of carbonyl (C=O) groups excluding carboxylic acids is 1. The van der Waals surface area contributed by atoms with Gasteiger partial charge in [-0.3, -0.25) is 4.79 Å². The molecule has 2 nitrogen and oxygen atoms in total. The molecule has 76 valence electrons. The van der Waals surface area contributed by atoms with E-state index in [2.05, 4.69) is 12.2 Å². The molecule has 0 saturated heterocycles. The van der Waals surface area contributed by atoms with Crippen molar-refractivity contribution in [2.24, 2.45) is 5.92 Å². The van der Waals surface area contributed by atoms with Crippen molar-refractivity contribution in [3.63, 3.8) is 0 Å². The van der Waals surface area contributed by atoms with E-state index in [0.29, 0.717) is 12.3 Å². The second-order valence-corrected chi connectivity index (χ2v) is 4.07. The van der Waals surface area contributed by atoms with E-state index in [1.807, 2.05) is 0 Å². The van der Waals surface area contributed by atoms with E-state index in [4.69, 9.17) is 0 Å².